The van der Waals surface area contributed by atoms with E-state index in [0.717, 1.165) is 11.3 Å². The molecule has 1 unspecified atom stereocenters. The van der Waals surface area contributed by atoms with Crippen molar-refractivity contribution < 1.29 is 9.53 Å². The van der Waals surface area contributed by atoms with Crippen LogP contribution in [0.3, 0.4) is 0 Å². The molecule has 0 saturated heterocycles. The Kier molecular flexibility index (Phi) is 4.76. The van der Waals surface area contributed by atoms with E-state index in [1.54, 1.807) is 31.4 Å². The first-order valence-corrected chi connectivity index (χ1v) is 7.07. The Hall–Kier alpha value is -2.13. The minimum atomic E-state index is -0.0615. The van der Waals surface area contributed by atoms with Crippen molar-refractivity contribution in [3.05, 3.63) is 65.2 Å². The summed E-state index contributed by atoms with van der Waals surface area (Å²) < 4.78 is 5.10. The quantitative estimate of drug-likeness (QED) is 0.853. The van der Waals surface area contributed by atoms with Crippen LogP contribution in [0.5, 0.6) is 5.75 Å². The van der Waals surface area contributed by atoms with Crippen LogP contribution in [-0.2, 0) is 0 Å². The van der Waals surface area contributed by atoms with Crippen LogP contribution in [0.4, 0.5) is 0 Å². The molecule has 0 heterocycles. The standard InChI is InChI=1S/C18H21NO2/c1-12(2)17(19)14-5-4-6-15(11-14)18(20)13-7-9-16(21-3)10-8-13/h4-12,17H,19H2,1-3H3. The first-order valence-electron chi connectivity index (χ1n) is 7.07. The molecule has 21 heavy (non-hydrogen) atoms. The van der Waals surface area contributed by atoms with Crippen molar-refractivity contribution in [2.45, 2.75) is 19.9 Å². The van der Waals surface area contributed by atoms with E-state index in [0.29, 0.717) is 17.0 Å². The van der Waals surface area contributed by atoms with Gasteiger partial charge in [-0.05, 0) is 41.8 Å². The second-order valence-corrected chi connectivity index (χ2v) is 5.45. The van der Waals surface area contributed by atoms with Crippen LogP contribution in [-0.4, -0.2) is 12.9 Å². The average molecular weight is 283 g/mol. The lowest BCUT2D eigenvalue weighted by molar-refractivity contribution is 0.103. The van der Waals surface area contributed by atoms with E-state index in [4.69, 9.17) is 10.5 Å². The molecule has 0 bridgehead atoms. The molecule has 0 aliphatic carbocycles. The third-order valence-corrected chi connectivity index (χ3v) is 3.60. The highest BCUT2D eigenvalue weighted by molar-refractivity contribution is 6.09. The molecule has 0 saturated carbocycles. The minimum Gasteiger partial charge on any atom is -0.497 e. The highest BCUT2D eigenvalue weighted by Gasteiger charge is 2.14. The third-order valence-electron chi connectivity index (χ3n) is 3.60. The molecule has 0 aromatic heterocycles. The highest BCUT2D eigenvalue weighted by Crippen LogP contribution is 2.21. The number of carbonyl (C=O) groups is 1. The van der Waals surface area contributed by atoms with Gasteiger partial charge in [0.2, 0.25) is 0 Å². The molecule has 0 aliphatic rings. The summed E-state index contributed by atoms with van der Waals surface area (Å²) in [6, 6.07) is 14.6. The zero-order valence-electron chi connectivity index (χ0n) is 12.7. The summed E-state index contributed by atoms with van der Waals surface area (Å²) in [5.74, 6) is 1.06. The molecule has 0 radical (unpaired) electrons. The number of benzene rings is 2. The first-order chi connectivity index (χ1) is 10.0. The maximum atomic E-state index is 12.5. The van der Waals surface area contributed by atoms with E-state index in [2.05, 4.69) is 13.8 Å². The lowest BCUT2D eigenvalue weighted by Crippen LogP contribution is -2.17. The maximum absolute atomic E-state index is 12.5. The van der Waals surface area contributed by atoms with E-state index in [9.17, 15) is 4.79 Å². The number of hydrogen-bond acceptors (Lipinski definition) is 3. The summed E-state index contributed by atoms with van der Waals surface area (Å²) in [7, 11) is 1.60. The molecule has 3 nitrogen and oxygen atoms in total. The van der Waals surface area contributed by atoms with Gasteiger partial charge >= 0.3 is 0 Å². The zero-order valence-corrected chi connectivity index (χ0v) is 12.7. The van der Waals surface area contributed by atoms with Crippen molar-refractivity contribution in [2.24, 2.45) is 11.7 Å². The van der Waals surface area contributed by atoms with Gasteiger partial charge in [0.05, 0.1) is 7.11 Å². The van der Waals surface area contributed by atoms with E-state index in [-0.39, 0.29) is 11.8 Å². The summed E-state index contributed by atoms with van der Waals surface area (Å²) in [4.78, 5) is 12.5. The lowest BCUT2D eigenvalue weighted by Gasteiger charge is -2.16. The van der Waals surface area contributed by atoms with E-state index in [1.807, 2.05) is 24.3 Å². The molecular weight excluding hydrogens is 262 g/mol. The Balaban J connectivity index is 2.28. The fourth-order valence-corrected chi connectivity index (χ4v) is 2.18. The maximum Gasteiger partial charge on any atom is 0.193 e. The van der Waals surface area contributed by atoms with Crippen LogP contribution >= 0.6 is 0 Å². The van der Waals surface area contributed by atoms with Crippen molar-refractivity contribution in [3.63, 3.8) is 0 Å². The van der Waals surface area contributed by atoms with Crippen LogP contribution in [0.15, 0.2) is 48.5 Å². The van der Waals surface area contributed by atoms with Gasteiger partial charge in [-0.2, -0.15) is 0 Å². The van der Waals surface area contributed by atoms with Crippen LogP contribution in [0.1, 0.15) is 41.4 Å². The van der Waals surface area contributed by atoms with Gasteiger partial charge in [0.1, 0.15) is 5.75 Å². The lowest BCUT2D eigenvalue weighted by atomic mass is 9.93. The molecule has 2 aromatic rings. The molecular formula is C18H21NO2. The number of nitrogens with two attached hydrogens (primary N) is 1. The van der Waals surface area contributed by atoms with Crippen molar-refractivity contribution in [3.8, 4) is 5.75 Å². The Labute approximate surface area is 125 Å². The smallest absolute Gasteiger partial charge is 0.193 e. The second kappa shape index (κ2) is 6.55. The average Bonchev–Trinajstić information content (AvgIpc) is 2.53. The van der Waals surface area contributed by atoms with Gasteiger partial charge in [-0.25, -0.2) is 0 Å². The summed E-state index contributed by atoms with van der Waals surface area (Å²) in [6.07, 6.45) is 0. The molecule has 0 fully saturated rings. The van der Waals surface area contributed by atoms with Crippen LogP contribution in [0, 0.1) is 5.92 Å². The van der Waals surface area contributed by atoms with Crippen molar-refractivity contribution in [1.82, 2.24) is 0 Å². The Morgan fingerprint density at radius 2 is 1.71 bits per heavy atom. The van der Waals surface area contributed by atoms with Gasteiger partial charge in [-0.15, -0.1) is 0 Å². The monoisotopic (exact) mass is 283 g/mol. The molecule has 0 aliphatic heterocycles. The zero-order chi connectivity index (χ0) is 15.4. The summed E-state index contributed by atoms with van der Waals surface area (Å²) >= 11 is 0. The van der Waals surface area contributed by atoms with Gasteiger partial charge in [0.15, 0.2) is 5.78 Å². The Morgan fingerprint density at radius 1 is 1.05 bits per heavy atom. The Morgan fingerprint density at radius 3 is 2.29 bits per heavy atom. The van der Waals surface area contributed by atoms with Crippen LogP contribution in [0.2, 0.25) is 0 Å². The number of methoxy groups -OCH3 is 1. The van der Waals surface area contributed by atoms with E-state index in [1.165, 1.54) is 0 Å². The van der Waals surface area contributed by atoms with Crippen molar-refractivity contribution in [1.29, 1.82) is 0 Å². The second-order valence-electron chi connectivity index (χ2n) is 5.45. The normalized spacial score (nSPS) is 12.2. The first kappa shape index (κ1) is 15.3. The fourth-order valence-electron chi connectivity index (χ4n) is 2.18. The molecule has 0 amide bonds. The predicted octanol–water partition coefficient (Wildman–Crippen LogP) is 3.58. The van der Waals surface area contributed by atoms with Crippen molar-refractivity contribution >= 4 is 5.78 Å². The molecule has 2 aromatic carbocycles. The summed E-state index contributed by atoms with van der Waals surface area (Å²) in [5, 5.41) is 0. The largest absolute Gasteiger partial charge is 0.497 e. The molecule has 2 N–H and O–H groups in total. The van der Waals surface area contributed by atoms with Gasteiger partial charge in [-0.1, -0.05) is 32.0 Å². The third kappa shape index (κ3) is 3.50. The van der Waals surface area contributed by atoms with Gasteiger partial charge in [0, 0.05) is 17.2 Å². The number of hydrogen-bond donors (Lipinski definition) is 1. The molecule has 1 atom stereocenters. The molecule has 0 spiro atoms. The number of carbonyl (C=O) groups excluding carboxylic acids is 1. The fraction of sp³-hybridized carbons (Fsp3) is 0.278. The van der Waals surface area contributed by atoms with Gasteiger partial charge in [-0.3, -0.25) is 4.79 Å². The Bertz CT molecular complexity index is 617. The van der Waals surface area contributed by atoms with E-state index < -0.39 is 0 Å². The minimum absolute atomic E-state index is 0.00420. The number of rotatable bonds is 5. The summed E-state index contributed by atoms with van der Waals surface area (Å²) in [6.45, 7) is 4.14. The summed E-state index contributed by atoms with van der Waals surface area (Å²) in [5.41, 5.74) is 8.45. The molecule has 110 valence electrons. The number of ether oxygens (including phenoxy) is 1. The van der Waals surface area contributed by atoms with Crippen molar-refractivity contribution in [2.75, 3.05) is 7.11 Å². The van der Waals surface area contributed by atoms with Crippen LogP contribution < -0.4 is 10.5 Å². The van der Waals surface area contributed by atoms with Gasteiger partial charge in [0.25, 0.3) is 0 Å². The predicted molar refractivity (Wildman–Crippen MR) is 84.6 cm³/mol. The SMILES string of the molecule is COc1ccc(C(=O)c2cccc(C(N)C(C)C)c2)cc1. The van der Waals surface area contributed by atoms with Gasteiger partial charge < -0.3 is 10.5 Å². The number of ketones is 1. The topological polar surface area (TPSA) is 52.3 Å². The molecule has 2 rings (SSSR count). The molecule has 3 heteroatoms. The van der Waals surface area contributed by atoms with Crippen LogP contribution in [0.25, 0.3) is 0 Å². The highest BCUT2D eigenvalue weighted by atomic mass is 16.5. The van der Waals surface area contributed by atoms with E-state index >= 15 is 0 Å².